The normalized spacial score (nSPS) is 23.2. The molecule has 3 rings (SSSR count). The summed E-state index contributed by atoms with van der Waals surface area (Å²) in [6.07, 6.45) is 5.72. The fraction of sp³-hybridized carbons (Fsp3) is 0.786. The monoisotopic (exact) mass is 280 g/mol. The molecule has 1 aliphatic heterocycles. The van der Waals surface area contributed by atoms with Gasteiger partial charge in [0.2, 0.25) is 0 Å². The molecule has 1 saturated carbocycles. The first kappa shape index (κ1) is 13.5. The standard InChI is InChI=1S/C14H24N4S/c15-9-14-16-12(11-19-14)10-17-5-7-18(8-6-17)13-3-1-2-4-13/h11,13H,1-10,15H2. The zero-order valence-corrected chi connectivity index (χ0v) is 12.4. The molecule has 1 aliphatic carbocycles. The van der Waals surface area contributed by atoms with Crippen LogP contribution in [0.4, 0.5) is 0 Å². The van der Waals surface area contributed by atoms with Crippen LogP contribution in [-0.2, 0) is 13.1 Å². The fourth-order valence-corrected chi connectivity index (χ4v) is 3.97. The molecular formula is C14H24N4S. The molecule has 0 bridgehead atoms. The van der Waals surface area contributed by atoms with E-state index in [0.29, 0.717) is 6.54 Å². The number of nitrogens with two attached hydrogens (primary N) is 1. The highest BCUT2D eigenvalue weighted by Crippen LogP contribution is 2.24. The Labute approximate surface area is 119 Å². The number of aromatic nitrogens is 1. The van der Waals surface area contributed by atoms with Crippen molar-refractivity contribution in [3.63, 3.8) is 0 Å². The third-order valence-corrected chi connectivity index (χ3v) is 5.33. The zero-order valence-electron chi connectivity index (χ0n) is 11.6. The van der Waals surface area contributed by atoms with Crippen LogP contribution in [0, 0.1) is 0 Å². The van der Waals surface area contributed by atoms with E-state index in [0.717, 1.165) is 17.6 Å². The van der Waals surface area contributed by atoms with Crippen molar-refractivity contribution in [1.82, 2.24) is 14.8 Å². The van der Waals surface area contributed by atoms with E-state index in [4.69, 9.17) is 5.73 Å². The van der Waals surface area contributed by atoms with Crippen molar-refractivity contribution in [1.29, 1.82) is 0 Å². The molecule has 0 spiro atoms. The van der Waals surface area contributed by atoms with Gasteiger partial charge in [0.15, 0.2) is 0 Å². The second kappa shape index (κ2) is 6.31. The van der Waals surface area contributed by atoms with Crippen LogP contribution >= 0.6 is 11.3 Å². The SMILES string of the molecule is NCc1nc(CN2CCN(C3CCCC3)CC2)cs1. The number of rotatable bonds is 4. The molecule has 2 heterocycles. The first-order chi connectivity index (χ1) is 9.35. The lowest BCUT2D eigenvalue weighted by Gasteiger charge is -2.37. The van der Waals surface area contributed by atoms with Gasteiger partial charge < -0.3 is 5.73 Å². The molecule has 0 radical (unpaired) electrons. The largest absolute Gasteiger partial charge is 0.325 e. The van der Waals surface area contributed by atoms with Gasteiger partial charge in [-0.2, -0.15) is 0 Å². The Morgan fingerprint density at radius 3 is 2.58 bits per heavy atom. The Kier molecular flexibility index (Phi) is 4.48. The number of nitrogens with zero attached hydrogens (tertiary/aromatic N) is 3. The highest BCUT2D eigenvalue weighted by molar-refractivity contribution is 7.09. The maximum absolute atomic E-state index is 5.61. The first-order valence-electron chi connectivity index (χ1n) is 7.45. The highest BCUT2D eigenvalue weighted by atomic mass is 32.1. The molecule has 2 N–H and O–H groups in total. The Hall–Kier alpha value is -0.490. The third-order valence-electron chi connectivity index (χ3n) is 4.41. The summed E-state index contributed by atoms with van der Waals surface area (Å²) >= 11 is 1.69. The van der Waals surface area contributed by atoms with Crippen molar-refractivity contribution in [2.24, 2.45) is 5.73 Å². The van der Waals surface area contributed by atoms with Gasteiger partial charge in [-0.1, -0.05) is 12.8 Å². The van der Waals surface area contributed by atoms with Gasteiger partial charge in [-0.25, -0.2) is 4.98 Å². The maximum Gasteiger partial charge on any atom is 0.106 e. The lowest BCUT2D eigenvalue weighted by Crippen LogP contribution is -2.49. The van der Waals surface area contributed by atoms with Gasteiger partial charge in [0.1, 0.15) is 5.01 Å². The van der Waals surface area contributed by atoms with E-state index in [2.05, 4.69) is 20.2 Å². The van der Waals surface area contributed by atoms with Gasteiger partial charge >= 0.3 is 0 Å². The van der Waals surface area contributed by atoms with E-state index in [1.54, 1.807) is 11.3 Å². The summed E-state index contributed by atoms with van der Waals surface area (Å²) in [7, 11) is 0. The molecule has 2 fully saturated rings. The summed E-state index contributed by atoms with van der Waals surface area (Å²) in [5.41, 5.74) is 6.81. The van der Waals surface area contributed by atoms with Gasteiger partial charge in [-0.05, 0) is 12.8 Å². The van der Waals surface area contributed by atoms with Crippen LogP contribution in [0.3, 0.4) is 0 Å². The lowest BCUT2D eigenvalue weighted by atomic mass is 10.2. The third kappa shape index (κ3) is 3.34. The molecule has 0 amide bonds. The first-order valence-corrected chi connectivity index (χ1v) is 8.33. The van der Waals surface area contributed by atoms with Crippen molar-refractivity contribution in [2.45, 2.75) is 44.8 Å². The van der Waals surface area contributed by atoms with Gasteiger partial charge in [-0.15, -0.1) is 11.3 Å². The molecule has 1 aromatic heterocycles. The summed E-state index contributed by atoms with van der Waals surface area (Å²) < 4.78 is 0. The van der Waals surface area contributed by atoms with Crippen molar-refractivity contribution >= 4 is 11.3 Å². The minimum absolute atomic E-state index is 0.570. The summed E-state index contributed by atoms with van der Waals surface area (Å²) in [4.78, 5) is 9.79. The van der Waals surface area contributed by atoms with Crippen LogP contribution in [0.2, 0.25) is 0 Å². The van der Waals surface area contributed by atoms with Crippen molar-refractivity contribution in [3.05, 3.63) is 16.1 Å². The van der Waals surface area contributed by atoms with E-state index in [1.165, 1.54) is 57.6 Å². The molecule has 106 valence electrons. The molecule has 0 atom stereocenters. The van der Waals surface area contributed by atoms with Crippen LogP contribution in [0.5, 0.6) is 0 Å². The number of piperazine rings is 1. The quantitative estimate of drug-likeness (QED) is 0.911. The van der Waals surface area contributed by atoms with Gasteiger partial charge in [-0.3, -0.25) is 9.80 Å². The Morgan fingerprint density at radius 1 is 1.21 bits per heavy atom. The predicted molar refractivity (Wildman–Crippen MR) is 79.1 cm³/mol. The van der Waals surface area contributed by atoms with Crippen LogP contribution in [-0.4, -0.2) is 47.0 Å². The van der Waals surface area contributed by atoms with E-state index in [-0.39, 0.29) is 0 Å². The fourth-order valence-electron chi connectivity index (χ4n) is 3.30. The van der Waals surface area contributed by atoms with Crippen molar-refractivity contribution < 1.29 is 0 Å². The molecule has 1 aromatic rings. The molecule has 5 heteroatoms. The Balaban J connectivity index is 1.47. The van der Waals surface area contributed by atoms with Crippen molar-refractivity contribution in [3.8, 4) is 0 Å². The molecule has 0 aromatic carbocycles. The average molecular weight is 280 g/mol. The molecule has 19 heavy (non-hydrogen) atoms. The number of hydrogen-bond acceptors (Lipinski definition) is 5. The predicted octanol–water partition coefficient (Wildman–Crippen LogP) is 1.66. The Bertz CT molecular complexity index is 392. The lowest BCUT2D eigenvalue weighted by molar-refractivity contribution is 0.0930. The molecule has 2 aliphatic rings. The Morgan fingerprint density at radius 2 is 1.95 bits per heavy atom. The highest BCUT2D eigenvalue weighted by Gasteiger charge is 2.26. The van der Waals surface area contributed by atoms with Crippen LogP contribution in [0.25, 0.3) is 0 Å². The van der Waals surface area contributed by atoms with Crippen LogP contribution < -0.4 is 5.73 Å². The second-order valence-corrected chi connectivity index (χ2v) is 6.63. The van der Waals surface area contributed by atoms with E-state index >= 15 is 0 Å². The van der Waals surface area contributed by atoms with Gasteiger partial charge in [0, 0.05) is 50.7 Å². The van der Waals surface area contributed by atoms with E-state index < -0.39 is 0 Å². The van der Waals surface area contributed by atoms with Crippen LogP contribution in [0.15, 0.2) is 5.38 Å². The molecule has 1 saturated heterocycles. The minimum atomic E-state index is 0.570. The van der Waals surface area contributed by atoms with Gasteiger partial charge in [0.05, 0.1) is 5.69 Å². The summed E-state index contributed by atoms with van der Waals surface area (Å²) in [6, 6.07) is 0.880. The molecular weight excluding hydrogens is 256 g/mol. The van der Waals surface area contributed by atoms with Gasteiger partial charge in [0.25, 0.3) is 0 Å². The van der Waals surface area contributed by atoms with E-state index in [1.807, 2.05) is 0 Å². The minimum Gasteiger partial charge on any atom is -0.325 e. The summed E-state index contributed by atoms with van der Waals surface area (Å²) in [5, 5.41) is 3.21. The topological polar surface area (TPSA) is 45.4 Å². The van der Waals surface area contributed by atoms with Crippen molar-refractivity contribution in [2.75, 3.05) is 26.2 Å². The van der Waals surface area contributed by atoms with E-state index in [9.17, 15) is 0 Å². The molecule has 4 nitrogen and oxygen atoms in total. The number of thiazole rings is 1. The summed E-state index contributed by atoms with van der Waals surface area (Å²) in [6.45, 7) is 6.41. The number of hydrogen-bond donors (Lipinski definition) is 1. The summed E-state index contributed by atoms with van der Waals surface area (Å²) in [5.74, 6) is 0. The second-order valence-electron chi connectivity index (χ2n) is 5.69. The average Bonchev–Trinajstić information content (AvgIpc) is 3.10. The molecule has 0 unspecified atom stereocenters. The smallest absolute Gasteiger partial charge is 0.106 e. The maximum atomic E-state index is 5.61. The van der Waals surface area contributed by atoms with Crippen LogP contribution in [0.1, 0.15) is 36.4 Å². The zero-order chi connectivity index (χ0) is 13.1.